The van der Waals surface area contributed by atoms with Crippen molar-refractivity contribution in [3.63, 3.8) is 0 Å². The van der Waals surface area contributed by atoms with Crippen LogP contribution in [0, 0.1) is 5.92 Å². The van der Waals surface area contributed by atoms with Crippen molar-refractivity contribution in [2.45, 2.75) is 13.3 Å². The maximum Gasteiger partial charge on any atom is 0.164 e. The zero-order valence-electron chi connectivity index (χ0n) is 13.2. The van der Waals surface area contributed by atoms with Gasteiger partial charge in [0.1, 0.15) is 5.82 Å². The third-order valence-electron chi connectivity index (χ3n) is 4.51. The Hall–Kier alpha value is -2.62. The number of nitrogen functional groups attached to an aromatic ring is 1. The lowest BCUT2D eigenvalue weighted by molar-refractivity contribution is 0.659. The van der Waals surface area contributed by atoms with Crippen molar-refractivity contribution >= 4 is 22.4 Å². The van der Waals surface area contributed by atoms with Gasteiger partial charge in [-0.05, 0) is 36.6 Å². The second-order valence-corrected chi connectivity index (χ2v) is 6.32. The van der Waals surface area contributed by atoms with Crippen molar-refractivity contribution in [2.24, 2.45) is 5.92 Å². The van der Waals surface area contributed by atoms with Crippen LogP contribution in [-0.4, -0.2) is 23.1 Å². The minimum atomic E-state index is 0.703. The van der Waals surface area contributed by atoms with E-state index in [1.54, 1.807) is 0 Å². The second kappa shape index (κ2) is 5.54. The third kappa shape index (κ3) is 2.50. The highest BCUT2D eigenvalue weighted by molar-refractivity contribution is 5.91. The fraction of sp³-hybridized carbons (Fsp3) is 0.263. The van der Waals surface area contributed by atoms with E-state index in [0.717, 1.165) is 35.4 Å². The van der Waals surface area contributed by atoms with Crippen LogP contribution in [0.25, 0.3) is 22.3 Å². The highest BCUT2D eigenvalue weighted by atomic mass is 15.2. The maximum atomic E-state index is 6.13. The van der Waals surface area contributed by atoms with Crippen LogP contribution in [0.2, 0.25) is 0 Å². The summed E-state index contributed by atoms with van der Waals surface area (Å²) in [5.41, 5.74) is 8.70. The molecule has 2 heterocycles. The van der Waals surface area contributed by atoms with E-state index >= 15 is 0 Å². The van der Waals surface area contributed by atoms with Crippen LogP contribution in [0.4, 0.5) is 11.5 Å². The van der Waals surface area contributed by atoms with Crippen LogP contribution >= 0.6 is 0 Å². The summed E-state index contributed by atoms with van der Waals surface area (Å²) in [4.78, 5) is 12.0. The number of para-hydroxylation sites is 2. The normalized spacial score (nSPS) is 17.8. The fourth-order valence-electron chi connectivity index (χ4n) is 3.25. The van der Waals surface area contributed by atoms with Crippen molar-refractivity contribution in [2.75, 3.05) is 23.7 Å². The third-order valence-corrected chi connectivity index (χ3v) is 4.51. The summed E-state index contributed by atoms with van der Waals surface area (Å²) in [6, 6.07) is 16.0. The molecule has 1 aromatic heterocycles. The van der Waals surface area contributed by atoms with Gasteiger partial charge < -0.3 is 10.6 Å². The molecule has 1 fully saturated rings. The van der Waals surface area contributed by atoms with Crippen LogP contribution in [0.1, 0.15) is 13.3 Å². The maximum absolute atomic E-state index is 6.13. The molecule has 0 unspecified atom stereocenters. The molecule has 2 aromatic carbocycles. The minimum absolute atomic E-state index is 0.703. The number of rotatable bonds is 2. The highest BCUT2D eigenvalue weighted by Gasteiger charge is 2.23. The number of hydrogen-bond donors (Lipinski definition) is 1. The lowest BCUT2D eigenvalue weighted by Gasteiger charge is -2.20. The highest BCUT2D eigenvalue weighted by Crippen LogP contribution is 2.32. The van der Waals surface area contributed by atoms with Gasteiger partial charge in [0.2, 0.25) is 0 Å². The second-order valence-electron chi connectivity index (χ2n) is 6.32. The van der Waals surface area contributed by atoms with E-state index in [1.807, 2.05) is 42.5 Å². The monoisotopic (exact) mass is 304 g/mol. The summed E-state index contributed by atoms with van der Waals surface area (Å²) < 4.78 is 0. The first kappa shape index (κ1) is 14.0. The van der Waals surface area contributed by atoms with E-state index < -0.39 is 0 Å². The van der Waals surface area contributed by atoms with Gasteiger partial charge in [-0.1, -0.05) is 31.2 Å². The van der Waals surface area contributed by atoms with Gasteiger partial charge in [-0.25, -0.2) is 9.97 Å². The molecule has 0 radical (unpaired) electrons. The summed E-state index contributed by atoms with van der Waals surface area (Å²) in [5, 5.41) is 1.11. The van der Waals surface area contributed by atoms with E-state index in [-0.39, 0.29) is 0 Å². The molecule has 0 aliphatic carbocycles. The molecule has 3 aromatic rings. The topological polar surface area (TPSA) is 55.0 Å². The van der Waals surface area contributed by atoms with E-state index in [2.05, 4.69) is 17.9 Å². The van der Waals surface area contributed by atoms with Gasteiger partial charge in [-0.3, -0.25) is 0 Å². The van der Waals surface area contributed by atoms with E-state index in [4.69, 9.17) is 15.7 Å². The zero-order chi connectivity index (χ0) is 15.8. The number of hydrogen-bond acceptors (Lipinski definition) is 4. The molecule has 1 aliphatic rings. The van der Waals surface area contributed by atoms with Crippen LogP contribution in [0.3, 0.4) is 0 Å². The van der Waals surface area contributed by atoms with Gasteiger partial charge in [0.25, 0.3) is 0 Å². The van der Waals surface area contributed by atoms with Crippen molar-refractivity contribution in [1.82, 2.24) is 9.97 Å². The molecule has 4 heteroatoms. The van der Waals surface area contributed by atoms with Crippen molar-refractivity contribution < 1.29 is 0 Å². The molecule has 4 nitrogen and oxygen atoms in total. The van der Waals surface area contributed by atoms with Gasteiger partial charge in [0.15, 0.2) is 5.82 Å². The zero-order valence-corrected chi connectivity index (χ0v) is 13.2. The molecule has 4 rings (SSSR count). The van der Waals surface area contributed by atoms with E-state index in [0.29, 0.717) is 17.4 Å². The van der Waals surface area contributed by atoms with Gasteiger partial charge in [-0.2, -0.15) is 0 Å². The number of nitrogens with zero attached hydrogens (tertiary/aromatic N) is 3. The number of benzene rings is 2. The molecular formula is C19H20N4. The molecule has 0 bridgehead atoms. The Morgan fingerprint density at radius 1 is 1.04 bits per heavy atom. The Balaban J connectivity index is 1.92. The molecule has 0 spiro atoms. The smallest absolute Gasteiger partial charge is 0.164 e. The predicted molar refractivity (Wildman–Crippen MR) is 95.4 cm³/mol. The average Bonchev–Trinajstić information content (AvgIpc) is 3.00. The van der Waals surface area contributed by atoms with Crippen molar-refractivity contribution in [3.8, 4) is 11.4 Å². The van der Waals surface area contributed by atoms with E-state index in [9.17, 15) is 0 Å². The first-order chi connectivity index (χ1) is 11.2. The average molecular weight is 304 g/mol. The summed E-state index contributed by atoms with van der Waals surface area (Å²) in [6.07, 6.45) is 1.21. The Morgan fingerprint density at radius 2 is 1.83 bits per heavy atom. The number of anilines is 2. The summed E-state index contributed by atoms with van der Waals surface area (Å²) in [6.45, 7) is 4.39. The number of aromatic nitrogens is 2. The summed E-state index contributed by atoms with van der Waals surface area (Å²) in [5.74, 6) is 2.43. The summed E-state index contributed by atoms with van der Waals surface area (Å²) >= 11 is 0. The first-order valence-corrected chi connectivity index (χ1v) is 8.09. The van der Waals surface area contributed by atoms with Crippen LogP contribution in [-0.2, 0) is 0 Å². The largest absolute Gasteiger partial charge is 0.398 e. The lowest BCUT2D eigenvalue weighted by Crippen LogP contribution is -2.21. The van der Waals surface area contributed by atoms with Crippen molar-refractivity contribution in [1.29, 1.82) is 0 Å². The molecular weight excluding hydrogens is 284 g/mol. The Morgan fingerprint density at radius 3 is 2.61 bits per heavy atom. The summed E-state index contributed by atoms with van der Waals surface area (Å²) in [7, 11) is 0. The van der Waals surface area contributed by atoms with Gasteiger partial charge in [0.05, 0.1) is 5.52 Å². The number of fused-ring (bicyclic) bond motifs is 1. The Labute approximate surface area is 136 Å². The number of nitrogens with two attached hydrogens (primary N) is 1. The molecule has 1 atom stereocenters. The van der Waals surface area contributed by atoms with Gasteiger partial charge >= 0.3 is 0 Å². The van der Waals surface area contributed by atoms with Gasteiger partial charge in [-0.15, -0.1) is 0 Å². The molecule has 0 amide bonds. The molecule has 1 aliphatic heterocycles. The van der Waals surface area contributed by atoms with Crippen LogP contribution in [0.15, 0.2) is 48.5 Å². The van der Waals surface area contributed by atoms with Gasteiger partial charge in [0, 0.05) is 29.7 Å². The molecule has 23 heavy (non-hydrogen) atoms. The van der Waals surface area contributed by atoms with Crippen molar-refractivity contribution in [3.05, 3.63) is 48.5 Å². The molecule has 2 N–H and O–H groups in total. The Kier molecular flexibility index (Phi) is 3.37. The van der Waals surface area contributed by atoms with Crippen LogP contribution < -0.4 is 10.6 Å². The minimum Gasteiger partial charge on any atom is -0.398 e. The van der Waals surface area contributed by atoms with Crippen LogP contribution in [0.5, 0.6) is 0 Å². The first-order valence-electron chi connectivity index (χ1n) is 8.09. The van der Waals surface area contributed by atoms with E-state index in [1.165, 1.54) is 6.42 Å². The molecule has 0 saturated carbocycles. The Bertz CT molecular complexity index is 859. The molecule has 1 saturated heterocycles. The molecule has 116 valence electrons. The fourth-order valence-corrected chi connectivity index (χ4v) is 3.25. The quantitative estimate of drug-likeness (QED) is 0.733. The SMILES string of the molecule is C[C@@H]1CCN(c2nc(-c3ccccc3N)nc3ccccc23)C1. The predicted octanol–water partition coefficient (Wildman–Crippen LogP) is 3.73. The lowest BCUT2D eigenvalue weighted by atomic mass is 10.1. The standard InChI is InChI=1S/C19H20N4/c1-13-10-11-23(12-13)19-15-7-3-5-9-17(15)21-18(22-19)14-6-2-4-8-16(14)20/h2-9,13H,10-12,20H2,1H3/t13-/m1/s1.